The number of nitrogens with two attached hydrogens (primary N) is 1. The third kappa shape index (κ3) is 3.94. The second-order valence-electron chi connectivity index (χ2n) is 7.06. The van der Waals surface area contributed by atoms with Crippen LogP contribution in [-0.4, -0.2) is 55.6 Å². The third-order valence-corrected chi connectivity index (χ3v) is 5.63. The van der Waals surface area contributed by atoms with Gasteiger partial charge in [0.15, 0.2) is 0 Å². The molecule has 4 heteroatoms. The summed E-state index contributed by atoms with van der Waals surface area (Å²) in [5.74, 6) is 7.65. The first kappa shape index (κ1) is 16.2. The van der Waals surface area contributed by atoms with Crippen molar-refractivity contribution in [3.05, 3.63) is 0 Å². The Morgan fingerprint density at radius 1 is 1.20 bits per heavy atom. The lowest BCUT2D eigenvalue weighted by Gasteiger charge is -2.41. The zero-order chi connectivity index (χ0) is 14.5. The molecule has 4 nitrogen and oxygen atoms in total. The summed E-state index contributed by atoms with van der Waals surface area (Å²) in [6.07, 6.45) is 8.11. The summed E-state index contributed by atoms with van der Waals surface area (Å²) in [6, 6.07) is 0.989. The number of hydrogen-bond acceptors (Lipinski definition) is 4. The van der Waals surface area contributed by atoms with Crippen LogP contribution in [0.15, 0.2) is 0 Å². The average Bonchev–Trinajstić information content (AvgIpc) is 2.62. The molecule has 0 spiro atoms. The zero-order valence-corrected chi connectivity index (χ0v) is 13.6. The molecule has 4 atom stereocenters. The topological polar surface area (TPSA) is 44.5 Å². The molecular weight excluding hydrogens is 248 g/mol. The summed E-state index contributed by atoms with van der Waals surface area (Å²) < 4.78 is 0. The molecule has 0 bridgehead atoms. The quantitative estimate of drug-likeness (QED) is 0.608. The second-order valence-corrected chi connectivity index (χ2v) is 7.06. The fraction of sp³-hybridized carbons (Fsp3) is 1.00. The van der Waals surface area contributed by atoms with Crippen LogP contribution in [0.5, 0.6) is 0 Å². The fourth-order valence-corrected chi connectivity index (χ4v) is 4.28. The fourth-order valence-electron chi connectivity index (χ4n) is 4.28. The Hall–Kier alpha value is -0.160. The van der Waals surface area contributed by atoms with Crippen LogP contribution in [0.25, 0.3) is 0 Å². The van der Waals surface area contributed by atoms with E-state index < -0.39 is 0 Å². The van der Waals surface area contributed by atoms with Gasteiger partial charge in [-0.3, -0.25) is 11.3 Å². The first-order chi connectivity index (χ1) is 9.65. The molecule has 4 unspecified atom stereocenters. The van der Waals surface area contributed by atoms with Crippen LogP contribution in [0.3, 0.4) is 0 Å². The number of rotatable bonds is 4. The third-order valence-electron chi connectivity index (χ3n) is 5.63. The Kier molecular flexibility index (Phi) is 6.27. The van der Waals surface area contributed by atoms with Crippen LogP contribution in [0, 0.1) is 11.8 Å². The molecule has 3 N–H and O–H groups in total. The van der Waals surface area contributed by atoms with E-state index in [0.717, 1.165) is 18.4 Å². The summed E-state index contributed by atoms with van der Waals surface area (Å²) in [4.78, 5) is 5.00. The molecule has 2 rings (SSSR count). The number of hydrazine groups is 1. The van der Waals surface area contributed by atoms with E-state index in [4.69, 9.17) is 5.84 Å². The zero-order valence-electron chi connectivity index (χ0n) is 13.6. The Bertz CT molecular complexity index is 284. The molecule has 1 saturated carbocycles. The maximum absolute atomic E-state index is 5.98. The summed E-state index contributed by atoms with van der Waals surface area (Å²) in [5, 5.41) is 0. The van der Waals surface area contributed by atoms with Crippen molar-refractivity contribution in [2.75, 3.05) is 33.7 Å². The Balaban J connectivity index is 2.04. The van der Waals surface area contributed by atoms with Crippen LogP contribution >= 0.6 is 0 Å². The standard InChI is InChI=1S/C16H34N4/c1-4-13-7-5-8-14(11-13)16(18-17)15-12-19(2)9-6-10-20(15)3/h13-16,18H,4-12,17H2,1-3H3. The van der Waals surface area contributed by atoms with Crippen molar-refractivity contribution in [1.82, 2.24) is 15.2 Å². The molecule has 2 fully saturated rings. The molecule has 1 aliphatic heterocycles. The minimum Gasteiger partial charge on any atom is -0.305 e. The average molecular weight is 282 g/mol. The molecule has 1 aliphatic carbocycles. The van der Waals surface area contributed by atoms with Gasteiger partial charge < -0.3 is 9.80 Å². The normalized spacial score (nSPS) is 35.7. The van der Waals surface area contributed by atoms with Gasteiger partial charge in [-0.1, -0.05) is 26.2 Å². The van der Waals surface area contributed by atoms with Gasteiger partial charge in [-0.15, -0.1) is 0 Å². The van der Waals surface area contributed by atoms with Gasteiger partial charge in [0.05, 0.1) is 0 Å². The van der Waals surface area contributed by atoms with Gasteiger partial charge in [-0.2, -0.15) is 0 Å². The highest BCUT2D eigenvalue weighted by Gasteiger charge is 2.35. The van der Waals surface area contributed by atoms with E-state index in [-0.39, 0.29) is 0 Å². The monoisotopic (exact) mass is 282 g/mol. The molecule has 1 heterocycles. The van der Waals surface area contributed by atoms with E-state index in [9.17, 15) is 0 Å². The minimum atomic E-state index is 0.440. The van der Waals surface area contributed by atoms with E-state index in [0.29, 0.717) is 12.1 Å². The van der Waals surface area contributed by atoms with Gasteiger partial charge in [0.25, 0.3) is 0 Å². The lowest BCUT2D eigenvalue weighted by atomic mass is 9.75. The van der Waals surface area contributed by atoms with E-state index in [1.54, 1.807) is 0 Å². The van der Waals surface area contributed by atoms with Gasteiger partial charge in [-0.25, -0.2) is 0 Å². The Labute approximate surface area is 125 Å². The van der Waals surface area contributed by atoms with Crippen molar-refractivity contribution in [2.24, 2.45) is 17.7 Å². The summed E-state index contributed by atoms with van der Waals surface area (Å²) in [7, 11) is 4.52. The van der Waals surface area contributed by atoms with Gasteiger partial charge in [-0.05, 0) is 58.3 Å². The smallest absolute Gasteiger partial charge is 0.0406 e. The van der Waals surface area contributed by atoms with Crippen LogP contribution in [-0.2, 0) is 0 Å². The molecule has 2 aliphatic rings. The van der Waals surface area contributed by atoms with Gasteiger partial charge in [0.1, 0.15) is 0 Å². The number of hydrogen-bond donors (Lipinski definition) is 2. The predicted octanol–water partition coefficient (Wildman–Crippen LogP) is 1.67. The van der Waals surface area contributed by atoms with Crippen LogP contribution < -0.4 is 11.3 Å². The van der Waals surface area contributed by atoms with Gasteiger partial charge in [0.2, 0.25) is 0 Å². The molecule has 0 aromatic rings. The Morgan fingerprint density at radius 2 is 2.00 bits per heavy atom. The van der Waals surface area contributed by atoms with E-state index in [1.807, 2.05) is 0 Å². The van der Waals surface area contributed by atoms with Crippen LogP contribution in [0.1, 0.15) is 45.4 Å². The summed E-state index contributed by atoms with van der Waals surface area (Å²) in [5.41, 5.74) is 3.20. The minimum absolute atomic E-state index is 0.440. The van der Waals surface area contributed by atoms with Gasteiger partial charge >= 0.3 is 0 Å². The molecule has 118 valence electrons. The van der Waals surface area contributed by atoms with Crippen molar-refractivity contribution in [3.8, 4) is 0 Å². The number of nitrogens with one attached hydrogen (secondary N) is 1. The van der Waals surface area contributed by atoms with Crippen molar-refractivity contribution in [3.63, 3.8) is 0 Å². The maximum atomic E-state index is 5.98. The molecule has 0 aromatic heterocycles. The highest BCUT2D eigenvalue weighted by atomic mass is 15.3. The maximum Gasteiger partial charge on any atom is 0.0406 e. The Morgan fingerprint density at radius 3 is 2.70 bits per heavy atom. The van der Waals surface area contributed by atoms with Crippen LogP contribution in [0.2, 0.25) is 0 Å². The second kappa shape index (κ2) is 7.74. The first-order valence-corrected chi connectivity index (χ1v) is 8.50. The SMILES string of the molecule is CCC1CCCC(C(NN)C2CN(C)CCCN2C)C1. The van der Waals surface area contributed by atoms with E-state index >= 15 is 0 Å². The summed E-state index contributed by atoms with van der Waals surface area (Å²) >= 11 is 0. The first-order valence-electron chi connectivity index (χ1n) is 8.50. The molecule has 0 amide bonds. The lowest BCUT2D eigenvalue weighted by Crippen LogP contribution is -2.58. The number of nitrogens with zero attached hydrogens (tertiary/aromatic N) is 2. The van der Waals surface area contributed by atoms with Gasteiger partial charge in [0, 0.05) is 18.6 Å². The van der Waals surface area contributed by atoms with E-state index in [2.05, 4.69) is 36.2 Å². The number of likely N-dealkylation sites (N-methyl/N-ethyl adjacent to an activating group) is 2. The molecule has 20 heavy (non-hydrogen) atoms. The largest absolute Gasteiger partial charge is 0.305 e. The van der Waals surface area contributed by atoms with Crippen molar-refractivity contribution in [1.29, 1.82) is 0 Å². The molecule has 1 saturated heterocycles. The highest BCUT2D eigenvalue weighted by molar-refractivity contribution is 4.92. The van der Waals surface area contributed by atoms with E-state index in [1.165, 1.54) is 51.6 Å². The van der Waals surface area contributed by atoms with Crippen molar-refractivity contribution >= 4 is 0 Å². The lowest BCUT2D eigenvalue weighted by molar-refractivity contribution is 0.111. The van der Waals surface area contributed by atoms with Crippen LogP contribution in [0.4, 0.5) is 0 Å². The predicted molar refractivity (Wildman–Crippen MR) is 85.4 cm³/mol. The molecule has 0 aromatic carbocycles. The highest BCUT2D eigenvalue weighted by Crippen LogP contribution is 2.34. The van der Waals surface area contributed by atoms with Crippen molar-refractivity contribution in [2.45, 2.75) is 57.5 Å². The van der Waals surface area contributed by atoms with Crippen molar-refractivity contribution < 1.29 is 0 Å². The summed E-state index contributed by atoms with van der Waals surface area (Å²) in [6.45, 7) is 5.87. The molecular formula is C16H34N4. The molecule has 0 radical (unpaired) electrons.